The second-order valence-corrected chi connectivity index (χ2v) is 9.30. The summed E-state index contributed by atoms with van der Waals surface area (Å²) in [5, 5.41) is 7.73. The van der Waals surface area contributed by atoms with Crippen LogP contribution in [-0.2, 0) is 16.1 Å². The predicted octanol–water partition coefficient (Wildman–Crippen LogP) is 4.36. The Hall–Kier alpha value is -3.24. The number of halogens is 2. The van der Waals surface area contributed by atoms with Gasteiger partial charge in [-0.25, -0.2) is 4.68 Å². The summed E-state index contributed by atoms with van der Waals surface area (Å²) in [6.07, 6.45) is 5.31. The van der Waals surface area contributed by atoms with Gasteiger partial charge in [-0.05, 0) is 48.5 Å². The Morgan fingerprint density at radius 1 is 1.09 bits per heavy atom. The fourth-order valence-corrected chi connectivity index (χ4v) is 4.66. The maximum atomic E-state index is 12.5. The molecule has 1 aliphatic heterocycles. The van der Waals surface area contributed by atoms with Crippen LogP contribution in [-0.4, -0.2) is 46.3 Å². The molecular formula is C24H21Cl2N5O3S. The van der Waals surface area contributed by atoms with Crippen molar-refractivity contribution < 1.29 is 14.3 Å². The van der Waals surface area contributed by atoms with Crippen molar-refractivity contribution in [3.63, 3.8) is 0 Å². The highest BCUT2D eigenvalue weighted by Gasteiger charge is 2.20. The molecule has 1 fully saturated rings. The quantitative estimate of drug-likeness (QED) is 0.400. The summed E-state index contributed by atoms with van der Waals surface area (Å²) in [6, 6.07) is 14.8. The van der Waals surface area contributed by atoms with Gasteiger partial charge in [0.05, 0.1) is 27.2 Å². The summed E-state index contributed by atoms with van der Waals surface area (Å²) in [7, 11) is 0. The van der Waals surface area contributed by atoms with Crippen molar-refractivity contribution in [3.05, 3.63) is 81.9 Å². The third-order valence-electron chi connectivity index (χ3n) is 5.39. The second kappa shape index (κ2) is 11.0. The highest BCUT2D eigenvalue weighted by molar-refractivity contribution is 7.18. The summed E-state index contributed by atoms with van der Waals surface area (Å²) < 4.78 is 7.54. The van der Waals surface area contributed by atoms with E-state index in [4.69, 9.17) is 21.4 Å². The number of hydrogen-bond acceptors (Lipinski definition) is 6. The number of pyridine rings is 1. The Kier molecular flexibility index (Phi) is 7.82. The molecule has 1 aliphatic rings. The molecule has 0 atom stereocenters. The zero-order valence-corrected chi connectivity index (χ0v) is 20.8. The summed E-state index contributed by atoms with van der Waals surface area (Å²) in [5.74, 6) is -0.243. The monoisotopic (exact) mass is 529 g/mol. The molecule has 4 heterocycles. The van der Waals surface area contributed by atoms with Crippen LogP contribution >= 0.6 is 35.3 Å². The number of hydrogen-bond donors (Lipinski definition) is 1. The van der Waals surface area contributed by atoms with E-state index in [2.05, 4.69) is 10.3 Å². The Morgan fingerprint density at radius 3 is 2.51 bits per heavy atom. The molecule has 0 unspecified atom stereocenters. The van der Waals surface area contributed by atoms with Crippen LogP contribution in [0.1, 0.15) is 15.2 Å². The van der Waals surface area contributed by atoms with Gasteiger partial charge in [0.15, 0.2) is 0 Å². The standard InChI is InChI=1S/C24H20ClN5O3S.ClH/c25-21-6-5-20(34-21)24(32)27-13-17-14-30(28-23(17)16-7-9-26-10-8-16)19-3-1-18(2-4-19)29-11-12-33-15-22(29)31;/h1-10,14H,11-13,15H2,(H,27,32);1H. The number of amides is 2. The normalized spacial score (nSPS) is 13.4. The molecule has 35 heavy (non-hydrogen) atoms. The number of aromatic nitrogens is 3. The van der Waals surface area contributed by atoms with Crippen LogP contribution < -0.4 is 10.2 Å². The van der Waals surface area contributed by atoms with Crippen molar-refractivity contribution in [2.24, 2.45) is 0 Å². The van der Waals surface area contributed by atoms with Crippen molar-refractivity contribution in [1.29, 1.82) is 0 Å². The third kappa shape index (κ3) is 5.54. The van der Waals surface area contributed by atoms with Gasteiger partial charge in [-0.1, -0.05) is 11.6 Å². The number of benzene rings is 1. The van der Waals surface area contributed by atoms with Gasteiger partial charge >= 0.3 is 0 Å². The van der Waals surface area contributed by atoms with Gasteiger partial charge in [-0.3, -0.25) is 14.6 Å². The van der Waals surface area contributed by atoms with Gasteiger partial charge in [0.2, 0.25) is 0 Å². The van der Waals surface area contributed by atoms with Crippen LogP contribution in [0.15, 0.2) is 67.1 Å². The van der Waals surface area contributed by atoms with Crippen LogP contribution in [0.4, 0.5) is 5.69 Å². The molecule has 1 saturated heterocycles. The number of thiophene rings is 1. The highest BCUT2D eigenvalue weighted by Crippen LogP contribution is 2.26. The van der Waals surface area contributed by atoms with Crippen molar-refractivity contribution in [2.75, 3.05) is 24.7 Å². The lowest BCUT2D eigenvalue weighted by atomic mass is 10.1. The molecule has 0 aliphatic carbocycles. The van der Waals surface area contributed by atoms with E-state index in [1.54, 1.807) is 34.1 Å². The van der Waals surface area contributed by atoms with Crippen molar-refractivity contribution in [3.8, 4) is 16.9 Å². The lowest BCUT2D eigenvalue weighted by molar-refractivity contribution is -0.125. The number of nitrogens with zero attached hydrogens (tertiary/aromatic N) is 4. The molecule has 0 radical (unpaired) electrons. The molecular weight excluding hydrogens is 509 g/mol. The summed E-state index contributed by atoms with van der Waals surface area (Å²) in [6.45, 7) is 1.45. The minimum Gasteiger partial charge on any atom is -0.370 e. The highest BCUT2D eigenvalue weighted by atomic mass is 35.5. The van der Waals surface area contributed by atoms with Crippen LogP contribution in [0.5, 0.6) is 0 Å². The van der Waals surface area contributed by atoms with Crippen molar-refractivity contribution in [1.82, 2.24) is 20.1 Å². The molecule has 0 saturated carbocycles. The van der Waals surface area contributed by atoms with E-state index in [-0.39, 0.29) is 30.8 Å². The fourth-order valence-electron chi connectivity index (χ4n) is 3.70. The molecule has 0 bridgehead atoms. The number of carbonyl (C=O) groups excluding carboxylic acids is 2. The molecule has 3 aromatic heterocycles. The zero-order chi connectivity index (χ0) is 23.5. The maximum absolute atomic E-state index is 12.5. The molecule has 11 heteroatoms. The van der Waals surface area contributed by atoms with Gasteiger partial charge in [-0.2, -0.15) is 5.10 Å². The first-order chi connectivity index (χ1) is 16.6. The van der Waals surface area contributed by atoms with E-state index in [0.29, 0.717) is 28.9 Å². The Balaban J connectivity index is 0.00000289. The molecule has 2 amide bonds. The van der Waals surface area contributed by atoms with Crippen molar-refractivity contribution >= 4 is 52.8 Å². The number of nitrogens with one attached hydrogen (secondary N) is 1. The van der Waals surface area contributed by atoms with Crippen LogP contribution in [0, 0.1) is 0 Å². The average molecular weight is 530 g/mol. The van der Waals surface area contributed by atoms with Crippen LogP contribution in [0.3, 0.4) is 0 Å². The van der Waals surface area contributed by atoms with E-state index in [0.717, 1.165) is 28.2 Å². The predicted molar refractivity (Wildman–Crippen MR) is 138 cm³/mol. The van der Waals surface area contributed by atoms with E-state index in [1.165, 1.54) is 11.3 Å². The minimum atomic E-state index is -0.190. The van der Waals surface area contributed by atoms with Gasteiger partial charge in [-0.15, -0.1) is 23.7 Å². The molecule has 8 nitrogen and oxygen atoms in total. The molecule has 5 rings (SSSR count). The molecule has 1 aromatic carbocycles. The lowest BCUT2D eigenvalue weighted by Crippen LogP contribution is -2.41. The average Bonchev–Trinajstić information content (AvgIpc) is 3.50. The fraction of sp³-hybridized carbons (Fsp3) is 0.167. The zero-order valence-electron chi connectivity index (χ0n) is 18.4. The number of ether oxygens (including phenoxy) is 1. The van der Waals surface area contributed by atoms with Gasteiger partial charge < -0.3 is 15.0 Å². The van der Waals surface area contributed by atoms with Gasteiger partial charge in [0, 0.05) is 48.5 Å². The van der Waals surface area contributed by atoms with Gasteiger partial charge in [0.1, 0.15) is 6.61 Å². The Labute approximate surface area is 216 Å². The first kappa shape index (κ1) is 24.9. The van der Waals surface area contributed by atoms with Gasteiger partial charge in [0.25, 0.3) is 11.8 Å². The Morgan fingerprint density at radius 2 is 1.83 bits per heavy atom. The largest absolute Gasteiger partial charge is 0.370 e. The van der Waals surface area contributed by atoms with Crippen LogP contribution in [0.25, 0.3) is 16.9 Å². The smallest absolute Gasteiger partial charge is 0.261 e. The maximum Gasteiger partial charge on any atom is 0.261 e. The van der Waals surface area contributed by atoms with E-state index in [9.17, 15) is 9.59 Å². The van der Waals surface area contributed by atoms with Crippen LogP contribution in [0.2, 0.25) is 4.34 Å². The SMILES string of the molecule is Cl.O=C(NCc1cn(-c2ccc(N3CCOCC3=O)cc2)nc1-c1ccncc1)c1ccc(Cl)s1. The summed E-state index contributed by atoms with van der Waals surface area (Å²) >= 11 is 7.19. The number of anilines is 1. The second-order valence-electron chi connectivity index (χ2n) is 7.58. The van der Waals surface area contributed by atoms with E-state index >= 15 is 0 Å². The number of carbonyl (C=O) groups is 2. The molecule has 180 valence electrons. The van der Waals surface area contributed by atoms with E-state index < -0.39 is 0 Å². The molecule has 0 spiro atoms. The van der Waals surface area contributed by atoms with Crippen molar-refractivity contribution in [2.45, 2.75) is 6.54 Å². The topological polar surface area (TPSA) is 89.4 Å². The Bertz CT molecular complexity index is 1320. The number of rotatable bonds is 6. The first-order valence-electron chi connectivity index (χ1n) is 10.6. The molecule has 4 aromatic rings. The lowest BCUT2D eigenvalue weighted by Gasteiger charge is -2.26. The first-order valence-corrected chi connectivity index (χ1v) is 11.8. The third-order valence-corrected chi connectivity index (χ3v) is 6.62. The summed E-state index contributed by atoms with van der Waals surface area (Å²) in [5.41, 5.74) is 4.16. The minimum absolute atomic E-state index is 0. The number of morpholine rings is 1. The summed E-state index contributed by atoms with van der Waals surface area (Å²) in [4.78, 5) is 31.0. The van der Waals surface area contributed by atoms with E-state index in [1.807, 2.05) is 42.6 Å². The molecule has 1 N–H and O–H groups in total.